The first kappa shape index (κ1) is 19.3. The Kier molecular flexibility index (Phi) is 6.40. The number of unbranched alkanes of at least 4 members (excludes halogenated alkanes) is 3. The zero-order valence-corrected chi connectivity index (χ0v) is 16.6. The van der Waals surface area contributed by atoms with E-state index in [-0.39, 0.29) is 12.2 Å². The van der Waals surface area contributed by atoms with Gasteiger partial charge in [-0.15, -0.1) is 11.3 Å². The molecule has 0 aliphatic heterocycles. The molecule has 3 rings (SSSR count). The van der Waals surface area contributed by atoms with Gasteiger partial charge in [0.2, 0.25) is 0 Å². The van der Waals surface area contributed by atoms with Crippen LogP contribution < -0.4 is 5.56 Å². The molecule has 27 heavy (non-hydrogen) atoms. The highest BCUT2D eigenvalue weighted by Crippen LogP contribution is 2.27. The number of aromatic nitrogens is 2. The number of hydrogen-bond donors (Lipinski definition) is 0. The molecule has 0 aliphatic carbocycles. The van der Waals surface area contributed by atoms with Gasteiger partial charge in [-0.25, -0.2) is 9.78 Å². The number of hydrogen-bond acceptors (Lipinski definition) is 5. The first-order valence-electron chi connectivity index (χ1n) is 9.31. The fourth-order valence-electron chi connectivity index (χ4n) is 3.01. The molecule has 0 saturated carbocycles. The Morgan fingerprint density at radius 3 is 2.70 bits per heavy atom. The average Bonchev–Trinajstić information content (AvgIpc) is 3.03. The number of fused-ring (bicyclic) bond motifs is 1. The lowest BCUT2D eigenvalue weighted by atomic mass is 10.2. The van der Waals surface area contributed by atoms with E-state index in [2.05, 4.69) is 11.9 Å². The van der Waals surface area contributed by atoms with E-state index < -0.39 is 5.97 Å². The van der Waals surface area contributed by atoms with E-state index in [0.717, 1.165) is 24.8 Å². The van der Waals surface area contributed by atoms with Gasteiger partial charge in [0.05, 0.1) is 11.7 Å². The molecule has 0 unspecified atom stereocenters. The van der Waals surface area contributed by atoms with Crippen molar-refractivity contribution in [2.75, 3.05) is 0 Å². The molecular weight excluding hydrogens is 360 g/mol. The smallest absolute Gasteiger partial charge is 0.349 e. The Bertz CT molecular complexity index is 976. The molecule has 0 saturated heterocycles. The van der Waals surface area contributed by atoms with Crippen molar-refractivity contribution in [3.8, 4) is 0 Å². The van der Waals surface area contributed by atoms with Crippen molar-refractivity contribution in [1.82, 2.24) is 9.55 Å². The fourth-order valence-corrected chi connectivity index (χ4v) is 4.04. The van der Waals surface area contributed by atoms with Gasteiger partial charge < -0.3 is 4.74 Å². The van der Waals surface area contributed by atoms with Crippen LogP contribution in [0, 0.1) is 6.92 Å². The molecule has 0 spiro atoms. The van der Waals surface area contributed by atoms with E-state index in [1.54, 1.807) is 17.8 Å². The molecule has 0 bridgehead atoms. The van der Waals surface area contributed by atoms with Gasteiger partial charge in [-0.05, 0) is 24.5 Å². The number of carbonyl (C=O) groups excluding carboxylic acids is 1. The maximum atomic E-state index is 12.8. The maximum Gasteiger partial charge on any atom is 0.349 e. The normalized spacial score (nSPS) is 11.0. The van der Waals surface area contributed by atoms with Gasteiger partial charge >= 0.3 is 5.97 Å². The summed E-state index contributed by atoms with van der Waals surface area (Å²) in [5.41, 5.74) is 1.51. The molecular formula is C21H24N2O3S. The molecule has 2 aromatic heterocycles. The summed E-state index contributed by atoms with van der Waals surface area (Å²) in [5.74, 6) is -0.409. The first-order chi connectivity index (χ1) is 13.1. The van der Waals surface area contributed by atoms with E-state index in [9.17, 15) is 9.59 Å². The van der Waals surface area contributed by atoms with Crippen molar-refractivity contribution in [1.29, 1.82) is 0 Å². The monoisotopic (exact) mass is 384 g/mol. The van der Waals surface area contributed by atoms with E-state index >= 15 is 0 Å². The van der Waals surface area contributed by atoms with Crippen LogP contribution in [-0.2, 0) is 17.9 Å². The van der Waals surface area contributed by atoms with Gasteiger partial charge in [-0.2, -0.15) is 0 Å². The van der Waals surface area contributed by atoms with Crippen molar-refractivity contribution in [2.45, 2.75) is 52.7 Å². The Labute approximate surface area is 162 Å². The second kappa shape index (κ2) is 8.95. The first-order valence-corrected chi connectivity index (χ1v) is 10.1. The second-order valence-corrected chi connectivity index (χ2v) is 7.60. The molecule has 2 heterocycles. The highest BCUT2D eigenvalue weighted by Gasteiger charge is 2.20. The van der Waals surface area contributed by atoms with Gasteiger partial charge in [0, 0.05) is 6.54 Å². The summed E-state index contributed by atoms with van der Waals surface area (Å²) in [6.45, 7) is 4.82. The average molecular weight is 385 g/mol. The lowest BCUT2D eigenvalue weighted by Gasteiger charge is -2.05. The molecule has 142 valence electrons. The van der Waals surface area contributed by atoms with Crippen LogP contribution >= 0.6 is 11.3 Å². The summed E-state index contributed by atoms with van der Waals surface area (Å²) in [7, 11) is 0. The molecule has 5 nitrogen and oxygen atoms in total. The molecule has 0 atom stereocenters. The summed E-state index contributed by atoms with van der Waals surface area (Å²) < 4.78 is 7.07. The zero-order valence-electron chi connectivity index (χ0n) is 15.7. The predicted molar refractivity (Wildman–Crippen MR) is 108 cm³/mol. The zero-order chi connectivity index (χ0) is 19.2. The molecule has 0 fully saturated rings. The van der Waals surface area contributed by atoms with Crippen molar-refractivity contribution in [3.63, 3.8) is 0 Å². The maximum absolute atomic E-state index is 12.8. The Morgan fingerprint density at radius 1 is 1.19 bits per heavy atom. The number of esters is 1. The minimum Gasteiger partial charge on any atom is -0.457 e. The number of rotatable bonds is 8. The SMILES string of the molecule is CCCCCCn1cnc2sc(C(=O)OCc3ccccc3)c(C)c2c1=O. The minimum absolute atomic E-state index is 0.0765. The van der Waals surface area contributed by atoms with E-state index in [4.69, 9.17) is 4.74 Å². The van der Waals surface area contributed by atoms with E-state index in [0.29, 0.717) is 27.2 Å². The van der Waals surface area contributed by atoms with E-state index in [1.807, 2.05) is 30.3 Å². The van der Waals surface area contributed by atoms with Crippen molar-refractivity contribution in [2.24, 2.45) is 0 Å². The summed E-state index contributed by atoms with van der Waals surface area (Å²) in [6, 6.07) is 9.54. The van der Waals surface area contributed by atoms with Crippen molar-refractivity contribution < 1.29 is 9.53 Å². The molecule has 3 aromatic rings. The highest BCUT2D eigenvalue weighted by molar-refractivity contribution is 7.20. The number of carbonyl (C=O) groups is 1. The van der Waals surface area contributed by atoms with Crippen molar-refractivity contribution in [3.05, 3.63) is 63.0 Å². The van der Waals surface area contributed by atoms with Gasteiger partial charge in [0.1, 0.15) is 16.3 Å². The number of aryl methyl sites for hydroxylation is 2. The van der Waals surface area contributed by atoms with Crippen LogP contribution in [0.1, 0.15) is 53.4 Å². The number of benzene rings is 1. The molecule has 0 N–H and O–H groups in total. The van der Waals surface area contributed by atoms with Crippen LogP contribution in [0.4, 0.5) is 0 Å². The van der Waals surface area contributed by atoms with Gasteiger partial charge in [0.25, 0.3) is 5.56 Å². The summed E-state index contributed by atoms with van der Waals surface area (Å²) in [6.07, 6.45) is 5.96. The third kappa shape index (κ3) is 4.45. The Hall–Kier alpha value is -2.47. The summed E-state index contributed by atoms with van der Waals surface area (Å²) in [5, 5.41) is 0.532. The number of nitrogens with zero attached hydrogens (tertiary/aromatic N) is 2. The van der Waals surface area contributed by atoms with Crippen LogP contribution in [0.15, 0.2) is 41.5 Å². The topological polar surface area (TPSA) is 61.2 Å². The van der Waals surface area contributed by atoms with Crippen molar-refractivity contribution >= 4 is 27.5 Å². The van der Waals surface area contributed by atoms with Crippen LogP contribution in [-0.4, -0.2) is 15.5 Å². The highest BCUT2D eigenvalue weighted by atomic mass is 32.1. The van der Waals surface area contributed by atoms with Crippen LogP contribution in [0.3, 0.4) is 0 Å². The molecule has 0 aliphatic rings. The van der Waals surface area contributed by atoms with Crippen LogP contribution in [0.2, 0.25) is 0 Å². The molecule has 6 heteroatoms. The minimum atomic E-state index is -0.409. The van der Waals surface area contributed by atoms with Gasteiger partial charge in [0.15, 0.2) is 0 Å². The predicted octanol–water partition coefficient (Wildman–Crippen LogP) is 4.70. The van der Waals surface area contributed by atoms with E-state index in [1.165, 1.54) is 17.8 Å². The number of thiophene rings is 1. The third-order valence-corrected chi connectivity index (χ3v) is 5.75. The summed E-state index contributed by atoms with van der Waals surface area (Å²) in [4.78, 5) is 30.7. The third-order valence-electron chi connectivity index (χ3n) is 4.57. The number of ether oxygens (including phenoxy) is 1. The van der Waals surface area contributed by atoms with Crippen LogP contribution in [0.25, 0.3) is 10.2 Å². The molecule has 0 amide bonds. The van der Waals surface area contributed by atoms with Crippen LogP contribution in [0.5, 0.6) is 0 Å². The Morgan fingerprint density at radius 2 is 1.96 bits per heavy atom. The summed E-state index contributed by atoms with van der Waals surface area (Å²) >= 11 is 1.22. The molecule has 1 aromatic carbocycles. The molecule has 0 radical (unpaired) electrons. The standard InChI is InChI=1S/C21H24N2O3S/c1-3-4-5-9-12-23-14-22-19-17(20(23)24)15(2)18(27-19)21(25)26-13-16-10-7-6-8-11-16/h6-8,10-11,14H,3-5,9,12-13H2,1-2H3. The lowest BCUT2D eigenvalue weighted by Crippen LogP contribution is -2.20. The lowest BCUT2D eigenvalue weighted by molar-refractivity contribution is 0.0478. The Balaban J connectivity index is 1.78. The quantitative estimate of drug-likeness (QED) is 0.417. The van der Waals surface area contributed by atoms with Gasteiger partial charge in [-0.1, -0.05) is 56.5 Å². The largest absolute Gasteiger partial charge is 0.457 e. The fraction of sp³-hybridized carbons (Fsp3) is 0.381. The van der Waals surface area contributed by atoms with Gasteiger partial charge in [-0.3, -0.25) is 9.36 Å². The second-order valence-electron chi connectivity index (χ2n) is 6.60.